The molecule has 1 saturated heterocycles. The van der Waals surface area contributed by atoms with E-state index in [1.165, 1.54) is 13.0 Å². The van der Waals surface area contributed by atoms with Crippen LogP contribution in [0.25, 0.3) is 0 Å². The quantitative estimate of drug-likeness (QED) is 0.470. The van der Waals surface area contributed by atoms with Crippen molar-refractivity contribution < 1.29 is 41.8 Å². The number of benzene rings is 1. The number of alkyl halides is 3. The Balaban J connectivity index is 2.21. The largest absolute Gasteiger partial charge is 0.489 e. The number of carbonyl (C=O) groups excluding carboxylic acids is 3. The summed E-state index contributed by atoms with van der Waals surface area (Å²) in [5, 5.41) is 0. The maximum Gasteiger partial charge on any atom is 0.419 e. The van der Waals surface area contributed by atoms with Crippen LogP contribution in [0.3, 0.4) is 0 Å². The van der Waals surface area contributed by atoms with E-state index in [1.54, 1.807) is 34.6 Å². The lowest BCUT2D eigenvalue weighted by Crippen LogP contribution is -2.63. The number of amides is 3. The Morgan fingerprint density at radius 3 is 2.34 bits per heavy atom. The Labute approximate surface area is 201 Å². The number of ether oxygens (including phenoxy) is 3. The van der Waals surface area contributed by atoms with Crippen molar-refractivity contribution in [3.63, 3.8) is 0 Å². The molecule has 1 fully saturated rings. The van der Waals surface area contributed by atoms with Gasteiger partial charge in [0.15, 0.2) is 0 Å². The molecular formula is C23H30F3N3O6. The Kier molecular flexibility index (Phi) is 7.80. The molecule has 0 aromatic heterocycles. The minimum absolute atomic E-state index is 0.157. The summed E-state index contributed by atoms with van der Waals surface area (Å²) in [6, 6.07) is 2.73. The van der Waals surface area contributed by atoms with E-state index in [0.717, 1.165) is 17.0 Å². The van der Waals surface area contributed by atoms with Gasteiger partial charge in [-0.3, -0.25) is 25.3 Å². The van der Waals surface area contributed by atoms with Crippen LogP contribution >= 0.6 is 0 Å². The van der Waals surface area contributed by atoms with Crippen LogP contribution in [-0.4, -0.2) is 52.9 Å². The van der Waals surface area contributed by atoms with Gasteiger partial charge in [0.1, 0.15) is 29.2 Å². The third kappa shape index (κ3) is 6.44. The Hall–Kier alpha value is -3.28. The molecule has 0 saturated carbocycles. The Morgan fingerprint density at radius 1 is 1.17 bits per heavy atom. The smallest absolute Gasteiger partial charge is 0.419 e. The molecule has 0 spiro atoms. The fourth-order valence-corrected chi connectivity index (χ4v) is 3.42. The van der Waals surface area contributed by atoms with Gasteiger partial charge < -0.3 is 14.2 Å². The molecule has 3 amide bonds. The Bertz CT molecular complexity index is 1000. The van der Waals surface area contributed by atoms with Gasteiger partial charge in [-0.25, -0.2) is 4.79 Å². The molecule has 1 atom stereocenters. The van der Waals surface area contributed by atoms with E-state index in [1.807, 2.05) is 0 Å². The average molecular weight is 502 g/mol. The molecule has 2 rings (SSSR count). The number of hydrogen-bond donors (Lipinski definition) is 2. The van der Waals surface area contributed by atoms with Crippen LogP contribution < -0.4 is 15.6 Å². The van der Waals surface area contributed by atoms with Crippen molar-refractivity contribution in [1.82, 2.24) is 15.8 Å². The van der Waals surface area contributed by atoms with Crippen LogP contribution in [0.15, 0.2) is 30.9 Å². The van der Waals surface area contributed by atoms with Crippen molar-refractivity contribution in [2.24, 2.45) is 0 Å². The van der Waals surface area contributed by atoms with Crippen LogP contribution in [0.1, 0.15) is 57.5 Å². The second kappa shape index (κ2) is 9.76. The molecule has 12 heteroatoms. The van der Waals surface area contributed by atoms with Gasteiger partial charge in [-0.05, 0) is 59.7 Å². The van der Waals surface area contributed by atoms with Gasteiger partial charge in [0.05, 0.1) is 12.2 Å². The summed E-state index contributed by atoms with van der Waals surface area (Å²) in [6.45, 7) is 12.6. The first-order chi connectivity index (χ1) is 15.9. The molecule has 1 heterocycles. The molecule has 0 aliphatic carbocycles. The first-order valence-electron chi connectivity index (χ1n) is 10.7. The number of rotatable bonds is 5. The molecule has 1 aliphatic rings. The van der Waals surface area contributed by atoms with Gasteiger partial charge in [0, 0.05) is 5.56 Å². The summed E-state index contributed by atoms with van der Waals surface area (Å²) < 4.78 is 56.3. The first kappa shape index (κ1) is 28.0. The number of carbonyl (C=O) groups is 3. The van der Waals surface area contributed by atoms with Crippen molar-refractivity contribution >= 4 is 17.9 Å². The summed E-state index contributed by atoms with van der Waals surface area (Å²) in [5.41, 5.74) is -0.932. The van der Waals surface area contributed by atoms with Gasteiger partial charge in [-0.15, -0.1) is 0 Å². The predicted octanol–water partition coefficient (Wildman–Crippen LogP) is 3.79. The molecule has 0 radical (unpaired) electrons. The van der Waals surface area contributed by atoms with Gasteiger partial charge in [-0.2, -0.15) is 13.2 Å². The Morgan fingerprint density at radius 2 is 1.80 bits per heavy atom. The number of nitrogens with one attached hydrogen (secondary N) is 2. The molecule has 1 aromatic rings. The standard InChI is InChI=1S/C23H30F3N3O6/c1-8-11-33-16-10-9-14(12-15(16)23(24,25)26)17(30)27-28-18(31)22(7)13-34-21(5,6)29(22)19(32)35-20(2,3)4/h8-10,12H,1,11,13H2,2-7H3,(H,27,30)(H,28,31)/t22-/m1/s1. The van der Waals surface area contributed by atoms with Gasteiger partial charge >= 0.3 is 12.3 Å². The van der Waals surface area contributed by atoms with E-state index >= 15 is 0 Å². The second-order valence-corrected chi connectivity index (χ2v) is 9.54. The fraction of sp³-hybridized carbons (Fsp3) is 0.522. The van der Waals surface area contributed by atoms with Crippen molar-refractivity contribution in [3.05, 3.63) is 42.0 Å². The minimum Gasteiger partial charge on any atom is -0.489 e. The summed E-state index contributed by atoms with van der Waals surface area (Å²) in [7, 11) is 0. The van der Waals surface area contributed by atoms with Crippen LogP contribution in [0.5, 0.6) is 5.75 Å². The van der Waals surface area contributed by atoms with E-state index in [2.05, 4.69) is 17.4 Å². The van der Waals surface area contributed by atoms with Gasteiger partial charge in [0.25, 0.3) is 11.8 Å². The molecule has 1 aromatic carbocycles. The molecule has 0 bridgehead atoms. The van der Waals surface area contributed by atoms with E-state index in [-0.39, 0.29) is 18.8 Å². The summed E-state index contributed by atoms with van der Waals surface area (Å²) >= 11 is 0. The zero-order valence-corrected chi connectivity index (χ0v) is 20.5. The highest BCUT2D eigenvalue weighted by Crippen LogP contribution is 2.38. The number of hydrogen-bond acceptors (Lipinski definition) is 6. The number of halogens is 3. The van der Waals surface area contributed by atoms with Crippen LogP contribution in [0.2, 0.25) is 0 Å². The molecule has 0 unspecified atom stereocenters. The molecule has 2 N–H and O–H groups in total. The minimum atomic E-state index is -4.79. The van der Waals surface area contributed by atoms with E-state index in [9.17, 15) is 27.6 Å². The molecule has 1 aliphatic heterocycles. The molecule has 9 nitrogen and oxygen atoms in total. The highest BCUT2D eigenvalue weighted by atomic mass is 19.4. The highest BCUT2D eigenvalue weighted by Gasteiger charge is 2.57. The molecule has 194 valence electrons. The summed E-state index contributed by atoms with van der Waals surface area (Å²) in [5.74, 6) is -2.31. The van der Waals surface area contributed by atoms with E-state index in [0.29, 0.717) is 6.07 Å². The van der Waals surface area contributed by atoms with Crippen molar-refractivity contribution in [3.8, 4) is 5.75 Å². The van der Waals surface area contributed by atoms with E-state index in [4.69, 9.17) is 14.2 Å². The zero-order chi connectivity index (χ0) is 26.8. The predicted molar refractivity (Wildman–Crippen MR) is 119 cm³/mol. The topological polar surface area (TPSA) is 106 Å². The van der Waals surface area contributed by atoms with Crippen molar-refractivity contribution in [2.75, 3.05) is 13.2 Å². The lowest BCUT2D eigenvalue weighted by molar-refractivity contribution is -0.139. The summed E-state index contributed by atoms with van der Waals surface area (Å²) in [4.78, 5) is 39.5. The zero-order valence-electron chi connectivity index (χ0n) is 20.5. The van der Waals surface area contributed by atoms with Crippen molar-refractivity contribution in [1.29, 1.82) is 0 Å². The third-order valence-electron chi connectivity index (χ3n) is 5.00. The highest BCUT2D eigenvalue weighted by molar-refractivity contribution is 5.97. The van der Waals surface area contributed by atoms with Gasteiger partial charge in [-0.1, -0.05) is 12.7 Å². The monoisotopic (exact) mass is 501 g/mol. The van der Waals surface area contributed by atoms with Gasteiger partial charge in [0.2, 0.25) is 0 Å². The molecule has 35 heavy (non-hydrogen) atoms. The van der Waals surface area contributed by atoms with Crippen LogP contribution in [-0.2, 0) is 20.4 Å². The summed E-state index contributed by atoms with van der Waals surface area (Å²) in [6.07, 6.45) is -4.32. The van der Waals surface area contributed by atoms with Crippen LogP contribution in [0.4, 0.5) is 18.0 Å². The fourth-order valence-electron chi connectivity index (χ4n) is 3.42. The van der Waals surface area contributed by atoms with Crippen molar-refractivity contribution in [2.45, 2.75) is 64.6 Å². The van der Waals surface area contributed by atoms with Crippen LogP contribution in [0, 0.1) is 0 Å². The second-order valence-electron chi connectivity index (χ2n) is 9.54. The SMILES string of the molecule is C=CCOc1ccc(C(=O)NNC(=O)[C@@]2(C)COC(C)(C)N2C(=O)OC(C)(C)C)cc1C(F)(F)F. The average Bonchev–Trinajstić information content (AvgIpc) is 2.98. The normalized spacial score (nSPS) is 19.6. The molecular weight excluding hydrogens is 471 g/mol. The lowest BCUT2D eigenvalue weighted by atomic mass is 10.0. The lowest BCUT2D eigenvalue weighted by Gasteiger charge is -2.39. The third-order valence-corrected chi connectivity index (χ3v) is 5.00. The number of nitrogens with zero attached hydrogens (tertiary/aromatic N) is 1. The maximum atomic E-state index is 13.4. The maximum absolute atomic E-state index is 13.4. The number of hydrazine groups is 1. The first-order valence-corrected chi connectivity index (χ1v) is 10.7. The van der Waals surface area contributed by atoms with E-state index < -0.39 is 52.3 Å².